The first-order chi connectivity index (χ1) is 22.7. The van der Waals surface area contributed by atoms with Gasteiger partial charge in [0.2, 0.25) is 5.91 Å². The Hall–Kier alpha value is -2.00. The minimum atomic E-state index is -4.46. The maximum absolute atomic E-state index is 12.5. The molecule has 0 radical (unpaired) electrons. The Kier molecular flexibility index (Phi) is 31.2. The molecule has 4 N–H and O–H groups in total. The Morgan fingerprint density at radius 2 is 1.02 bits per heavy atom. The Morgan fingerprint density at radius 1 is 0.596 bits per heavy atom. The van der Waals surface area contributed by atoms with Crippen LogP contribution in [0.5, 0.6) is 0 Å². The molecule has 0 aromatic carbocycles. The van der Waals surface area contributed by atoms with Crippen molar-refractivity contribution < 1.29 is 28.0 Å². The van der Waals surface area contributed by atoms with Crippen molar-refractivity contribution in [3.05, 3.63) is 60.8 Å². The fourth-order valence-electron chi connectivity index (χ4n) is 5.10. The summed E-state index contributed by atoms with van der Waals surface area (Å²) in [7, 11) is -4.46. The highest BCUT2D eigenvalue weighted by molar-refractivity contribution is 7.85. The molecular weight excluding hydrogens is 610 g/mol. The summed E-state index contributed by atoms with van der Waals surface area (Å²) in [6.07, 6.45) is 41.2. The third-order valence-corrected chi connectivity index (χ3v) is 8.78. The molecule has 0 rings (SSSR count). The first kappa shape index (κ1) is 45.0. The van der Waals surface area contributed by atoms with E-state index in [2.05, 4.69) is 67.8 Å². The number of unbranched alkanes of at least 4 members (excludes halogenated alkanes) is 15. The number of aliphatic hydroxyl groups excluding tert-OH is 2. The fourth-order valence-corrected chi connectivity index (χ4v) is 5.84. The van der Waals surface area contributed by atoms with Crippen LogP contribution in [-0.2, 0) is 14.9 Å². The Bertz CT molecular complexity index is 985. The van der Waals surface area contributed by atoms with Crippen LogP contribution in [0.2, 0.25) is 0 Å². The molecule has 0 bridgehead atoms. The normalized spacial score (nSPS) is 14.7. The highest BCUT2D eigenvalue weighted by Gasteiger charge is 2.27. The van der Waals surface area contributed by atoms with Crippen molar-refractivity contribution in [1.29, 1.82) is 0 Å². The monoisotopic (exact) mass is 679 g/mol. The van der Waals surface area contributed by atoms with E-state index in [1.807, 2.05) is 0 Å². The summed E-state index contributed by atoms with van der Waals surface area (Å²) in [5, 5.41) is 23.3. The molecule has 0 aliphatic heterocycles. The first-order valence-corrected chi connectivity index (χ1v) is 20.2. The van der Waals surface area contributed by atoms with E-state index >= 15 is 0 Å². The van der Waals surface area contributed by atoms with Gasteiger partial charge in [0, 0.05) is 0 Å². The summed E-state index contributed by atoms with van der Waals surface area (Å²) in [4.78, 5) is 12.5. The van der Waals surface area contributed by atoms with Crippen molar-refractivity contribution in [2.24, 2.45) is 0 Å². The number of aliphatic hydroxyl groups is 2. The summed E-state index contributed by atoms with van der Waals surface area (Å²) >= 11 is 0. The predicted octanol–water partition coefficient (Wildman–Crippen LogP) is 9.48. The lowest BCUT2D eigenvalue weighted by Crippen LogP contribution is -2.50. The van der Waals surface area contributed by atoms with Gasteiger partial charge in [-0.05, 0) is 77.0 Å². The first-order valence-electron chi connectivity index (χ1n) is 18.6. The number of allylic oxidation sites excluding steroid dienone is 9. The zero-order valence-corrected chi connectivity index (χ0v) is 30.6. The van der Waals surface area contributed by atoms with Crippen LogP contribution in [-0.4, -0.2) is 53.1 Å². The molecule has 272 valence electrons. The zero-order chi connectivity index (χ0) is 34.9. The number of amides is 1. The van der Waals surface area contributed by atoms with E-state index in [0.29, 0.717) is 12.8 Å². The minimum Gasteiger partial charge on any atom is -0.387 e. The summed E-state index contributed by atoms with van der Waals surface area (Å²) in [5.74, 6) is -1.58. The van der Waals surface area contributed by atoms with Gasteiger partial charge in [-0.2, -0.15) is 8.42 Å². The summed E-state index contributed by atoms with van der Waals surface area (Å²) in [6, 6.07) is -1.26. The largest absolute Gasteiger partial charge is 0.387 e. The minimum absolute atomic E-state index is 0.256. The smallest absolute Gasteiger partial charge is 0.267 e. The van der Waals surface area contributed by atoms with Gasteiger partial charge in [-0.3, -0.25) is 9.35 Å². The molecule has 3 unspecified atom stereocenters. The highest BCUT2D eigenvalue weighted by atomic mass is 32.2. The van der Waals surface area contributed by atoms with E-state index in [1.165, 1.54) is 57.4 Å². The number of carbonyl (C=O) groups excluding carboxylic acids is 1. The van der Waals surface area contributed by atoms with Crippen LogP contribution in [0.3, 0.4) is 0 Å². The van der Waals surface area contributed by atoms with Crippen LogP contribution in [0.1, 0.15) is 155 Å². The van der Waals surface area contributed by atoms with Crippen molar-refractivity contribution in [1.82, 2.24) is 5.32 Å². The second-order valence-corrected chi connectivity index (χ2v) is 14.1. The van der Waals surface area contributed by atoms with Gasteiger partial charge in [0.1, 0.15) is 6.10 Å². The fraction of sp³-hybridized carbons (Fsp3) is 0.718. The van der Waals surface area contributed by atoms with E-state index in [1.54, 1.807) is 6.08 Å². The van der Waals surface area contributed by atoms with Gasteiger partial charge in [0.15, 0.2) is 0 Å². The zero-order valence-electron chi connectivity index (χ0n) is 29.7. The molecule has 0 saturated carbocycles. The summed E-state index contributed by atoms with van der Waals surface area (Å²) in [5.41, 5.74) is 0. The maximum atomic E-state index is 12.5. The molecule has 0 aromatic heterocycles. The molecule has 1 amide bonds. The second-order valence-electron chi connectivity index (χ2n) is 12.6. The molecule has 0 fully saturated rings. The number of rotatable bonds is 32. The van der Waals surface area contributed by atoms with Gasteiger partial charge in [0.05, 0.1) is 17.9 Å². The molecule has 0 aliphatic rings. The lowest BCUT2D eigenvalue weighted by atomic mass is 10.0. The molecule has 3 atom stereocenters. The second kappa shape index (κ2) is 32.5. The van der Waals surface area contributed by atoms with Crippen molar-refractivity contribution >= 4 is 16.0 Å². The molecule has 0 spiro atoms. The third-order valence-electron chi connectivity index (χ3n) is 8.00. The van der Waals surface area contributed by atoms with Gasteiger partial charge < -0.3 is 15.5 Å². The average Bonchev–Trinajstić information content (AvgIpc) is 3.03. The number of nitrogens with one attached hydrogen (secondary N) is 1. The molecular formula is C39H69NO6S. The third kappa shape index (κ3) is 32.3. The molecule has 0 heterocycles. The van der Waals surface area contributed by atoms with E-state index in [9.17, 15) is 28.0 Å². The van der Waals surface area contributed by atoms with E-state index in [4.69, 9.17) is 0 Å². The lowest BCUT2D eigenvalue weighted by molar-refractivity contribution is -0.130. The molecule has 0 aromatic rings. The molecule has 8 heteroatoms. The Morgan fingerprint density at radius 3 is 1.57 bits per heavy atom. The molecule has 0 saturated heterocycles. The van der Waals surface area contributed by atoms with Gasteiger partial charge in [-0.15, -0.1) is 0 Å². The summed E-state index contributed by atoms with van der Waals surface area (Å²) < 4.78 is 32.4. The highest BCUT2D eigenvalue weighted by Crippen LogP contribution is 2.12. The molecule has 7 nitrogen and oxygen atoms in total. The SMILES string of the molecule is CCCCC/C=C\C/C=C\CCCCCCCCC(O)C(=O)NC(CS(=O)(=O)O)C(O)/C=C/CC/C=C/CC/C=C/CCCCCC. The van der Waals surface area contributed by atoms with Gasteiger partial charge in [-0.1, -0.05) is 139 Å². The van der Waals surface area contributed by atoms with Crippen molar-refractivity contribution in [3.63, 3.8) is 0 Å². The topological polar surface area (TPSA) is 124 Å². The van der Waals surface area contributed by atoms with Crippen LogP contribution in [0.4, 0.5) is 0 Å². The van der Waals surface area contributed by atoms with Crippen molar-refractivity contribution in [2.45, 2.75) is 173 Å². The van der Waals surface area contributed by atoms with E-state index in [-0.39, 0.29) is 6.42 Å². The van der Waals surface area contributed by atoms with Crippen LogP contribution >= 0.6 is 0 Å². The van der Waals surface area contributed by atoms with Gasteiger partial charge >= 0.3 is 0 Å². The van der Waals surface area contributed by atoms with Crippen LogP contribution < -0.4 is 5.32 Å². The number of hydrogen-bond acceptors (Lipinski definition) is 5. The van der Waals surface area contributed by atoms with Gasteiger partial charge in [-0.25, -0.2) is 0 Å². The van der Waals surface area contributed by atoms with Crippen LogP contribution in [0.25, 0.3) is 0 Å². The summed E-state index contributed by atoms with van der Waals surface area (Å²) in [6.45, 7) is 4.44. The maximum Gasteiger partial charge on any atom is 0.267 e. The van der Waals surface area contributed by atoms with E-state index in [0.717, 1.165) is 70.6 Å². The molecule has 47 heavy (non-hydrogen) atoms. The van der Waals surface area contributed by atoms with E-state index < -0.39 is 40.0 Å². The predicted molar refractivity (Wildman–Crippen MR) is 199 cm³/mol. The lowest BCUT2D eigenvalue weighted by Gasteiger charge is -2.22. The number of hydrogen-bond donors (Lipinski definition) is 4. The van der Waals surface area contributed by atoms with Crippen molar-refractivity contribution in [2.75, 3.05) is 5.75 Å². The van der Waals surface area contributed by atoms with Crippen LogP contribution in [0, 0.1) is 0 Å². The Balaban J connectivity index is 4.22. The average molecular weight is 680 g/mol. The number of carbonyl (C=O) groups is 1. The van der Waals surface area contributed by atoms with Crippen LogP contribution in [0.15, 0.2) is 60.8 Å². The van der Waals surface area contributed by atoms with Crippen molar-refractivity contribution in [3.8, 4) is 0 Å². The standard InChI is InChI=1S/C39H69NO6S/c1-3-5-7-9-11-13-15-17-19-20-22-24-26-28-30-32-34-38(42)39(43)40-36(35-47(44,45)46)37(41)33-31-29-27-25-23-21-18-16-14-12-10-8-6-4-2/h11,13-14,16-17,19,23,25,31,33,36-38,41-42H,3-10,12,15,18,20-22,24,26-30,32,34-35H2,1-2H3,(H,40,43)(H,44,45,46)/b13-11-,16-14+,19-17-,25-23+,33-31+. The van der Waals surface area contributed by atoms with Gasteiger partial charge in [0.25, 0.3) is 10.1 Å². The quantitative estimate of drug-likeness (QED) is 0.0319. The molecule has 0 aliphatic carbocycles. The Labute approximate surface area is 288 Å².